The van der Waals surface area contributed by atoms with Crippen LogP contribution in [0.25, 0.3) is 0 Å². The van der Waals surface area contributed by atoms with Crippen LogP contribution >= 0.6 is 0 Å². The molecule has 0 saturated carbocycles. The van der Waals surface area contributed by atoms with E-state index in [1.807, 2.05) is 24.3 Å². The Labute approximate surface area is 141 Å². The van der Waals surface area contributed by atoms with E-state index in [1.54, 1.807) is 0 Å². The summed E-state index contributed by atoms with van der Waals surface area (Å²) in [5, 5.41) is 6.63. The van der Waals surface area contributed by atoms with Crippen molar-refractivity contribution < 1.29 is 17.9 Å². The van der Waals surface area contributed by atoms with Crippen LogP contribution in [0.1, 0.15) is 5.56 Å². The van der Waals surface area contributed by atoms with Crippen molar-refractivity contribution in [1.82, 2.24) is 10.2 Å². The lowest BCUT2D eigenvalue weighted by atomic mass is 10.1. The number of hydrogen-bond donors (Lipinski definition) is 2. The highest BCUT2D eigenvalue weighted by molar-refractivity contribution is 7.94. The van der Waals surface area contributed by atoms with E-state index in [4.69, 9.17) is 4.74 Å². The van der Waals surface area contributed by atoms with Gasteiger partial charge >= 0.3 is 6.03 Å². The molecular formula is C16H21N3O4S. The second kappa shape index (κ2) is 7.33. The Balaban J connectivity index is 1.60. The number of ether oxygens (including phenoxy) is 1. The third kappa shape index (κ3) is 4.56. The van der Waals surface area contributed by atoms with Gasteiger partial charge in [0.15, 0.2) is 9.84 Å². The van der Waals surface area contributed by atoms with Crippen LogP contribution in [0, 0.1) is 0 Å². The summed E-state index contributed by atoms with van der Waals surface area (Å²) in [7, 11) is -3.18. The first kappa shape index (κ1) is 16.9. The third-order valence-corrected chi connectivity index (χ3v) is 5.41. The molecule has 0 aliphatic carbocycles. The minimum absolute atomic E-state index is 0.0875. The number of carbonyl (C=O) groups is 1. The number of nitrogens with zero attached hydrogens (tertiary/aromatic N) is 1. The maximum Gasteiger partial charge on any atom is 0.319 e. The zero-order valence-corrected chi connectivity index (χ0v) is 14.1. The Kier molecular flexibility index (Phi) is 5.17. The molecule has 1 atom stereocenters. The van der Waals surface area contributed by atoms with Crippen LogP contribution in [-0.2, 0) is 21.1 Å². The molecule has 3 rings (SSSR count). The second-order valence-electron chi connectivity index (χ2n) is 5.91. The van der Waals surface area contributed by atoms with E-state index in [1.165, 1.54) is 6.08 Å². The standard InChI is InChI=1S/C16H21N3O4S/c20-16(17-14-5-10-24(21,22)12-14)18-15-4-2-1-3-13(15)11-19-6-8-23-9-7-19/h1-5,10,14H,6-9,11-12H2,(H2,17,18,20)/t14-/m1/s1. The molecule has 1 saturated heterocycles. The normalized spacial score (nSPS) is 23.1. The number of morpholine rings is 1. The van der Waals surface area contributed by atoms with Crippen LogP contribution in [0.4, 0.5) is 10.5 Å². The van der Waals surface area contributed by atoms with E-state index in [2.05, 4.69) is 15.5 Å². The fraction of sp³-hybridized carbons (Fsp3) is 0.438. The summed E-state index contributed by atoms with van der Waals surface area (Å²) in [4.78, 5) is 14.4. The zero-order valence-electron chi connectivity index (χ0n) is 13.3. The Morgan fingerprint density at radius 2 is 2.00 bits per heavy atom. The lowest BCUT2D eigenvalue weighted by molar-refractivity contribution is 0.0343. The zero-order chi connectivity index (χ0) is 17.0. The molecule has 24 heavy (non-hydrogen) atoms. The van der Waals surface area contributed by atoms with E-state index >= 15 is 0 Å². The average Bonchev–Trinajstić information content (AvgIpc) is 2.89. The number of urea groups is 1. The molecule has 0 spiro atoms. The van der Waals surface area contributed by atoms with Gasteiger partial charge in [-0.05, 0) is 17.7 Å². The van der Waals surface area contributed by atoms with E-state index in [-0.39, 0.29) is 5.75 Å². The number of amides is 2. The second-order valence-corrected chi connectivity index (χ2v) is 7.84. The molecule has 0 unspecified atom stereocenters. The summed E-state index contributed by atoms with van der Waals surface area (Å²) in [6.07, 6.45) is 1.49. The summed E-state index contributed by atoms with van der Waals surface area (Å²) in [5.41, 5.74) is 1.75. The van der Waals surface area contributed by atoms with Gasteiger partial charge < -0.3 is 15.4 Å². The van der Waals surface area contributed by atoms with Crippen LogP contribution in [0.2, 0.25) is 0 Å². The number of nitrogens with one attached hydrogen (secondary N) is 2. The Hall–Kier alpha value is -1.90. The van der Waals surface area contributed by atoms with Gasteiger partial charge in [-0.1, -0.05) is 18.2 Å². The van der Waals surface area contributed by atoms with E-state index in [9.17, 15) is 13.2 Å². The molecular weight excluding hydrogens is 330 g/mol. The number of hydrogen-bond acceptors (Lipinski definition) is 5. The molecule has 0 bridgehead atoms. The van der Waals surface area contributed by atoms with Gasteiger partial charge in [-0.25, -0.2) is 13.2 Å². The Morgan fingerprint density at radius 3 is 2.71 bits per heavy atom. The SMILES string of the molecule is O=C(Nc1ccccc1CN1CCOCC1)N[C@@H]1C=CS(=O)(=O)C1. The monoisotopic (exact) mass is 351 g/mol. The largest absolute Gasteiger partial charge is 0.379 e. The summed E-state index contributed by atoms with van der Waals surface area (Å²) in [6, 6.07) is 6.73. The molecule has 0 radical (unpaired) electrons. The number of benzene rings is 1. The molecule has 2 N–H and O–H groups in total. The quantitative estimate of drug-likeness (QED) is 0.843. The first-order chi connectivity index (χ1) is 11.5. The first-order valence-corrected chi connectivity index (χ1v) is 9.60. The van der Waals surface area contributed by atoms with Gasteiger partial charge in [-0.15, -0.1) is 0 Å². The number of carbonyl (C=O) groups excluding carboxylic acids is 1. The van der Waals surface area contributed by atoms with E-state index in [0.29, 0.717) is 0 Å². The van der Waals surface area contributed by atoms with Gasteiger partial charge in [0, 0.05) is 30.7 Å². The van der Waals surface area contributed by atoms with Gasteiger partial charge in [0.2, 0.25) is 0 Å². The topological polar surface area (TPSA) is 87.7 Å². The maximum atomic E-state index is 12.1. The molecule has 2 aliphatic heterocycles. The third-order valence-electron chi connectivity index (χ3n) is 4.01. The number of para-hydroxylation sites is 1. The van der Waals surface area contributed by atoms with Crippen molar-refractivity contribution in [3.05, 3.63) is 41.3 Å². The summed E-state index contributed by atoms with van der Waals surface area (Å²) < 4.78 is 28.1. The maximum absolute atomic E-state index is 12.1. The summed E-state index contributed by atoms with van der Waals surface area (Å²) in [5.74, 6) is -0.0875. The van der Waals surface area contributed by atoms with Gasteiger partial charge in [0.25, 0.3) is 0 Å². The van der Waals surface area contributed by atoms with E-state index in [0.717, 1.165) is 49.5 Å². The number of rotatable bonds is 4. The summed E-state index contributed by atoms with van der Waals surface area (Å²) >= 11 is 0. The fourth-order valence-electron chi connectivity index (χ4n) is 2.77. The molecule has 130 valence electrons. The van der Waals surface area contributed by atoms with Crippen LogP contribution in [0.3, 0.4) is 0 Å². The molecule has 2 heterocycles. The van der Waals surface area contributed by atoms with Crippen molar-refractivity contribution in [1.29, 1.82) is 0 Å². The molecule has 7 nitrogen and oxygen atoms in total. The fourth-order valence-corrected chi connectivity index (χ4v) is 4.01. The minimum Gasteiger partial charge on any atom is -0.379 e. The van der Waals surface area contributed by atoms with Crippen LogP contribution in [0.5, 0.6) is 0 Å². The molecule has 8 heteroatoms. The number of sulfone groups is 1. The van der Waals surface area contributed by atoms with Crippen LogP contribution < -0.4 is 10.6 Å². The van der Waals surface area contributed by atoms with Crippen molar-refractivity contribution in [3.63, 3.8) is 0 Å². The molecule has 2 aliphatic rings. The minimum atomic E-state index is -3.18. The van der Waals surface area contributed by atoms with Crippen LogP contribution in [0.15, 0.2) is 35.7 Å². The average molecular weight is 351 g/mol. The van der Waals surface area contributed by atoms with Crippen molar-refractivity contribution in [2.45, 2.75) is 12.6 Å². The van der Waals surface area contributed by atoms with E-state index < -0.39 is 21.9 Å². The van der Waals surface area contributed by atoms with Crippen molar-refractivity contribution in [3.8, 4) is 0 Å². The van der Waals surface area contributed by atoms with Crippen LogP contribution in [-0.4, -0.2) is 57.4 Å². The van der Waals surface area contributed by atoms with Crippen molar-refractivity contribution in [2.24, 2.45) is 0 Å². The lowest BCUT2D eigenvalue weighted by Gasteiger charge is -2.27. The predicted octanol–water partition coefficient (Wildman–Crippen LogP) is 0.951. The lowest BCUT2D eigenvalue weighted by Crippen LogP contribution is -2.39. The first-order valence-electron chi connectivity index (χ1n) is 7.88. The molecule has 1 fully saturated rings. The summed E-state index contributed by atoms with van der Waals surface area (Å²) in [6.45, 7) is 3.91. The van der Waals surface area contributed by atoms with Crippen molar-refractivity contribution in [2.75, 3.05) is 37.4 Å². The smallest absolute Gasteiger partial charge is 0.319 e. The van der Waals surface area contributed by atoms with Gasteiger partial charge in [-0.3, -0.25) is 4.90 Å². The number of anilines is 1. The van der Waals surface area contributed by atoms with Gasteiger partial charge in [0.1, 0.15) is 0 Å². The van der Waals surface area contributed by atoms with Gasteiger partial charge in [0.05, 0.1) is 25.0 Å². The van der Waals surface area contributed by atoms with Crippen molar-refractivity contribution >= 4 is 21.6 Å². The molecule has 2 amide bonds. The molecule has 1 aromatic rings. The Bertz CT molecular complexity index is 727. The van der Waals surface area contributed by atoms with Gasteiger partial charge in [-0.2, -0.15) is 0 Å². The molecule has 1 aromatic carbocycles. The predicted molar refractivity (Wildman–Crippen MR) is 91.4 cm³/mol. The highest BCUT2D eigenvalue weighted by atomic mass is 32.2. The molecule has 0 aromatic heterocycles. The highest BCUT2D eigenvalue weighted by Crippen LogP contribution is 2.18. The Morgan fingerprint density at radius 1 is 1.25 bits per heavy atom. The highest BCUT2D eigenvalue weighted by Gasteiger charge is 2.23.